The molecule has 10 N–H and O–H groups in total. The van der Waals surface area contributed by atoms with Crippen LogP contribution in [0, 0.1) is 0 Å². The highest BCUT2D eigenvalue weighted by Crippen LogP contribution is 2.32. The molecule has 0 spiro atoms. The summed E-state index contributed by atoms with van der Waals surface area (Å²) in [6, 6.07) is 0. The van der Waals surface area contributed by atoms with E-state index >= 15 is 0 Å². The molecule has 3 heterocycles. The van der Waals surface area contributed by atoms with Crippen LogP contribution in [-0.2, 0) is 28.5 Å². The maximum absolute atomic E-state index is 11.3. The van der Waals surface area contributed by atoms with Crippen molar-refractivity contribution in [3.63, 3.8) is 0 Å². The number of aliphatic hydroxyl groups excluding tert-OH is 9. The van der Waals surface area contributed by atoms with Crippen LogP contribution in [0.4, 0.5) is 0 Å². The Morgan fingerprint density at radius 1 is 0.750 bits per heavy atom. The van der Waals surface area contributed by atoms with Crippen molar-refractivity contribution in [1.82, 2.24) is 5.32 Å². The molecule has 16 heteroatoms. The van der Waals surface area contributed by atoms with E-state index in [9.17, 15) is 50.8 Å². The maximum Gasteiger partial charge on any atom is 0.218 e. The quantitative estimate of drug-likeness (QED) is 0.140. The number of hydrogen-bond acceptors (Lipinski definition) is 15. The lowest BCUT2D eigenvalue weighted by Gasteiger charge is -2.48. The van der Waals surface area contributed by atoms with Gasteiger partial charge in [-0.15, -0.1) is 0 Å². The van der Waals surface area contributed by atoms with Gasteiger partial charge in [-0.05, 0) is 0 Å². The predicted molar refractivity (Wildman–Crippen MR) is 111 cm³/mol. The molecule has 0 bridgehead atoms. The fourth-order valence-electron chi connectivity index (χ4n) is 4.36. The third-order valence-electron chi connectivity index (χ3n) is 6.32. The highest BCUT2D eigenvalue weighted by atomic mass is 16.7. The Bertz CT molecular complexity index is 715. The zero-order valence-corrected chi connectivity index (χ0v) is 19.4. The Balaban J connectivity index is 1.77. The Morgan fingerprint density at radius 2 is 1.36 bits per heavy atom. The lowest BCUT2D eigenvalue weighted by molar-refractivity contribution is -0.369. The SMILES string of the molecule is CC(=O)N[C@@H]1O[C@H](CO)[C@@H](O[C@@H]2O[C@H](CO)[C@H](O)[C@H](O[C@H]3O[C@H](CO)C[C@H](O)[C@H]3O)[C@H]2O)[C@H](O)[C@H]1O. The topological polar surface area (TPSA) is 257 Å². The zero-order chi connectivity index (χ0) is 26.7. The van der Waals surface area contributed by atoms with Crippen molar-refractivity contribution in [1.29, 1.82) is 0 Å². The fraction of sp³-hybridized carbons (Fsp3) is 0.950. The summed E-state index contributed by atoms with van der Waals surface area (Å²) >= 11 is 0. The van der Waals surface area contributed by atoms with Gasteiger partial charge in [-0.2, -0.15) is 0 Å². The molecule has 16 nitrogen and oxygen atoms in total. The highest BCUT2D eigenvalue weighted by molar-refractivity contribution is 5.73. The van der Waals surface area contributed by atoms with Gasteiger partial charge in [-0.1, -0.05) is 0 Å². The zero-order valence-electron chi connectivity index (χ0n) is 19.4. The van der Waals surface area contributed by atoms with E-state index in [1.165, 1.54) is 0 Å². The first-order valence-corrected chi connectivity index (χ1v) is 11.5. The second-order valence-electron chi connectivity index (χ2n) is 8.97. The Hall–Kier alpha value is -1.09. The second kappa shape index (κ2) is 12.6. The summed E-state index contributed by atoms with van der Waals surface area (Å²) in [5, 5.41) is 93.6. The number of carbonyl (C=O) groups is 1. The third kappa shape index (κ3) is 6.30. The van der Waals surface area contributed by atoms with E-state index in [0.717, 1.165) is 6.92 Å². The number of nitrogens with one attached hydrogen (secondary N) is 1. The summed E-state index contributed by atoms with van der Waals surface area (Å²) in [5.41, 5.74) is 0. The van der Waals surface area contributed by atoms with Gasteiger partial charge in [0.2, 0.25) is 5.91 Å². The van der Waals surface area contributed by atoms with Gasteiger partial charge in [-0.25, -0.2) is 0 Å². The molecule has 36 heavy (non-hydrogen) atoms. The smallest absolute Gasteiger partial charge is 0.218 e. The first-order chi connectivity index (χ1) is 17.0. The fourth-order valence-corrected chi connectivity index (χ4v) is 4.36. The van der Waals surface area contributed by atoms with E-state index in [4.69, 9.17) is 23.7 Å². The van der Waals surface area contributed by atoms with E-state index in [1.54, 1.807) is 0 Å². The molecule has 0 unspecified atom stereocenters. The molecular weight excluding hydrogens is 494 g/mol. The van der Waals surface area contributed by atoms with Crippen molar-refractivity contribution in [3.05, 3.63) is 0 Å². The standard InChI is InChI=1S/C20H35NO15/c1-6(25)21-18-14(30)13(29)16(10(5-24)33-18)35-20-15(31)17(12(28)9(4-23)34-20)36-19-11(27)8(26)2-7(3-22)32-19/h7-20,22-24,26-31H,2-5H2,1H3,(H,21,25)/t7-,8-,9+,10+,11+,12-,13+,14+,15+,16+,17-,18+,19+,20-/m0/s1. The monoisotopic (exact) mass is 529 g/mol. The molecule has 3 rings (SSSR count). The van der Waals surface area contributed by atoms with Crippen LogP contribution in [-0.4, -0.2) is 158 Å². The number of amides is 1. The van der Waals surface area contributed by atoms with Crippen LogP contribution in [0.1, 0.15) is 13.3 Å². The van der Waals surface area contributed by atoms with E-state index in [-0.39, 0.29) is 6.42 Å². The summed E-state index contributed by atoms with van der Waals surface area (Å²) in [4.78, 5) is 11.3. The molecule has 3 saturated heterocycles. The van der Waals surface area contributed by atoms with Crippen LogP contribution in [0.25, 0.3) is 0 Å². The van der Waals surface area contributed by atoms with Gasteiger partial charge in [0.25, 0.3) is 0 Å². The summed E-state index contributed by atoms with van der Waals surface area (Å²) < 4.78 is 27.3. The van der Waals surface area contributed by atoms with E-state index in [1.807, 2.05) is 0 Å². The van der Waals surface area contributed by atoms with Gasteiger partial charge < -0.3 is 75.0 Å². The van der Waals surface area contributed by atoms with Crippen molar-refractivity contribution >= 4 is 5.91 Å². The minimum atomic E-state index is -1.85. The number of ether oxygens (including phenoxy) is 5. The van der Waals surface area contributed by atoms with E-state index < -0.39 is 112 Å². The first kappa shape index (κ1) is 29.5. The molecule has 0 saturated carbocycles. The van der Waals surface area contributed by atoms with Gasteiger partial charge in [0.1, 0.15) is 54.9 Å². The van der Waals surface area contributed by atoms with Crippen molar-refractivity contribution < 1.29 is 74.4 Å². The average Bonchev–Trinajstić information content (AvgIpc) is 2.84. The van der Waals surface area contributed by atoms with Crippen LogP contribution in [0.2, 0.25) is 0 Å². The van der Waals surface area contributed by atoms with Crippen molar-refractivity contribution in [2.45, 2.75) is 99.3 Å². The molecule has 210 valence electrons. The Labute approximate surface area is 205 Å². The number of hydrogen-bond donors (Lipinski definition) is 10. The molecular formula is C20H35NO15. The Kier molecular flexibility index (Phi) is 10.3. The van der Waals surface area contributed by atoms with Crippen LogP contribution in [0.15, 0.2) is 0 Å². The van der Waals surface area contributed by atoms with Crippen molar-refractivity contribution in [3.8, 4) is 0 Å². The number of aliphatic hydroxyl groups is 9. The highest BCUT2D eigenvalue weighted by Gasteiger charge is 2.52. The average molecular weight is 529 g/mol. The summed E-state index contributed by atoms with van der Waals surface area (Å²) in [6.45, 7) is -0.857. The molecule has 3 fully saturated rings. The molecule has 14 atom stereocenters. The second-order valence-corrected chi connectivity index (χ2v) is 8.97. The molecule has 0 aromatic rings. The Morgan fingerprint density at radius 3 is 1.94 bits per heavy atom. The van der Waals surface area contributed by atoms with Gasteiger partial charge in [0, 0.05) is 13.3 Å². The molecule has 0 radical (unpaired) electrons. The predicted octanol–water partition coefficient (Wildman–Crippen LogP) is -6.40. The molecule has 0 aliphatic carbocycles. The molecule has 3 aliphatic rings. The molecule has 0 aromatic heterocycles. The van der Waals surface area contributed by atoms with Crippen LogP contribution in [0.5, 0.6) is 0 Å². The number of carbonyl (C=O) groups excluding carboxylic acids is 1. The van der Waals surface area contributed by atoms with E-state index in [2.05, 4.69) is 5.32 Å². The van der Waals surface area contributed by atoms with E-state index in [0.29, 0.717) is 0 Å². The van der Waals surface area contributed by atoms with Gasteiger partial charge in [0.05, 0.1) is 32.0 Å². The minimum Gasteiger partial charge on any atom is -0.394 e. The lowest BCUT2D eigenvalue weighted by atomic mass is 9.96. The minimum absolute atomic E-state index is 0.0919. The third-order valence-corrected chi connectivity index (χ3v) is 6.32. The molecule has 1 amide bonds. The van der Waals surface area contributed by atoms with Crippen LogP contribution >= 0.6 is 0 Å². The van der Waals surface area contributed by atoms with Gasteiger partial charge in [-0.3, -0.25) is 4.79 Å². The lowest BCUT2D eigenvalue weighted by Crippen LogP contribution is -2.67. The summed E-state index contributed by atoms with van der Waals surface area (Å²) in [6.07, 6.45) is -21.4. The molecule has 0 aromatic carbocycles. The maximum atomic E-state index is 11.3. The normalized spacial score (nSPS) is 47.9. The number of rotatable bonds is 8. The van der Waals surface area contributed by atoms with Crippen LogP contribution in [0.3, 0.4) is 0 Å². The van der Waals surface area contributed by atoms with Gasteiger partial charge in [0.15, 0.2) is 18.8 Å². The van der Waals surface area contributed by atoms with Crippen molar-refractivity contribution in [2.24, 2.45) is 0 Å². The van der Waals surface area contributed by atoms with Crippen LogP contribution < -0.4 is 5.32 Å². The largest absolute Gasteiger partial charge is 0.394 e. The van der Waals surface area contributed by atoms with Gasteiger partial charge >= 0.3 is 0 Å². The summed E-state index contributed by atoms with van der Waals surface area (Å²) in [5.74, 6) is -0.575. The summed E-state index contributed by atoms with van der Waals surface area (Å²) in [7, 11) is 0. The first-order valence-electron chi connectivity index (χ1n) is 11.5. The van der Waals surface area contributed by atoms with Crippen molar-refractivity contribution in [2.75, 3.05) is 19.8 Å². The molecule has 3 aliphatic heterocycles.